The molecule has 3 N–H and O–H groups in total. The van der Waals surface area contributed by atoms with Crippen LogP contribution in [0.1, 0.15) is 24.8 Å². The molecule has 3 nitrogen and oxygen atoms in total. The Morgan fingerprint density at radius 2 is 1.94 bits per heavy atom. The van der Waals surface area contributed by atoms with Crippen molar-refractivity contribution in [2.24, 2.45) is 5.73 Å². The summed E-state index contributed by atoms with van der Waals surface area (Å²) in [4.78, 5) is 0. The normalized spacial score (nSPS) is 14.4. The number of halogens is 1. The minimum Gasteiger partial charge on any atom is -0.395 e. The Hall–Kier alpha value is -0.970. The highest BCUT2D eigenvalue weighted by Gasteiger charge is 2.29. The number of hydrogen-bond donors (Lipinski definition) is 2. The minimum absolute atomic E-state index is 0.0257. The van der Waals surface area contributed by atoms with Gasteiger partial charge in [-0.1, -0.05) is 18.6 Å². The van der Waals surface area contributed by atoms with E-state index in [-0.39, 0.29) is 12.4 Å². The summed E-state index contributed by atoms with van der Waals surface area (Å²) in [5.41, 5.74) is 6.24. The van der Waals surface area contributed by atoms with Crippen molar-refractivity contribution in [1.29, 1.82) is 0 Å². The van der Waals surface area contributed by atoms with Crippen molar-refractivity contribution < 1.29 is 14.2 Å². The molecule has 1 aromatic rings. The zero-order valence-electron chi connectivity index (χ0n) is 10.9. The van der Waals surface area contributed by atoms with Gasteiger partial charge >= 0.3 is 0 Å². The summed E-state index contributed by atoms with van der Waals surface area (Å²) in [6.45, 7) is 1.03. The maximum absolute atomic E-state index is 12.9. The van der Waals surface area contributed by atoms with Crippen LogP contribution in [-0.4, -0.2) is 32.0 Å². The van der Waals surface area contributed by atoms with Crippen LogP contribution in [0.15, 0.2) is 24.3 Å². The molecule has 4 heteroatoms. The van der Waals surface area contributed by atoms with Crippen molar-refractivity contribution in [1.82, 2.24) is 0 Å². The lowest BCUT2D eigenvalue weighted by atomic mass is 9.77. The van der Waals surface area contributed by atoms with E-state index < -0.39 is 5.41 Å². The molecule has 0 aromatic heterocycles. The zero-order valence-corrected chi connectivity index (χ0v) is 10.9. The zero-order chi connectivity index (χ0) is 13.4. The summed E-state index contributed by atoms with van der Waals surface area (Å²) in [5, 5.41) is 9.65. The van der Waals surface area contributed by atoms with E-state index in [1.54, 1.807) is 19.2 Å². The number of methoxy groups -OCH3 is 1. The second-order valence-corrected chi connectivity index (χ2v) is 4.60. The van der Waals surface area contributed by atoms with Gasteiger partial charge in [-0.25, -0.2) is 4.39 Å². The van der Waals surface area contributed by atoms with E-state index in [2.05, 4.69) is 0 Å². The summed E-state index contributed by atoms with van der Waals surface area (Å²) >= 11 is 0. The first-order valence-electron chi connectivity index (χ1n) is 6.24. The highest BCUT2D eigenvalue weighted by molar-refractivity contribution is 5.26. The number of nitrogens with two attached hydrogens (primary N) is 1. The van der Waals surface area contributed by atoms with Crippen LogP contribution in [-0.2, 0) is 10.2 Å². The molecule has 0 aliphatic heterocycles. The molecule has 1 atom stereocenters. The maximum Gasteiger partial charge on any atom is 0.123 e. The number of rotatable bonds is 8. The first-order valence-corrected chi connectivity index (χ1v) is 6.24. The van der Waals surface area contributed by atoms with E-state index >= 15 is 0 Å². The van der Waals surface area contributed by atoms with Gasteiger partial charge in [0.1, 0.15) is 5.82 Å². The minimum atomic E-state index is -0.471. The molecule has 0 radical (unpaired) electrons. The Bertz CT molecular complexity index is 336. The molecule has 0 amide bonds. The third-order valence-electron chi connectivity index (χ3n) is 3.40. The lowest BCUT2D eigenvalue weighted by molar-refractivity contribution is 0.167. The van der Waals surface area contributed by atoms with Crippen LogP contribution in [0.4, 0.5) is 4.39 Å². The Labute approximate surface area is 108 Å². The van der Waals surface area contributed by atoms with Crippen molar-refractivity contribution in [3.63, 3.8) is 0 Å². The molecule has 1 aromatic carbocycles. The predicted octanol–water partition coefficient (Wildman–Crippen LogP) is 1.83. The third-order valence-corrected chi connectivity index (χ3v) is 3.40. The van der Waals surface area contributed by atoms with Gasteiger partial charge in [-0.05, 0) is 30.5 Å². The molecule has 0 spiro atoms. The molecule has 0 saturated heterocycles. The van der Waals surface area contributed by atoms with Crippen molar-refractivity contribution in [3.05, 3.63) is 35.6 Å². The molecule has 1 unspecified atom stereocenters. The lowest BCUT2D eigenvalue weighted by Crippen LogP contribution is -2.39. The summed E-state index contributed by atoms with van der Waals surface area (Å²) in [5.74, 6) is -0.276. The van der Waals surface area contributed by atoms with Gasteiger partial charge < -0.3 is 15.6 Å². The second-order valence-electron chi connectivity index (χ2n) is 4.60. The molecular formula is C14H22FNO2. The standard InChI is InChI=1S/C14H22FNO2/c1-18-9-3-2-8-14(10-16,11-17)12-4-6-13(15)7-5-12/h4-7,17H,2-3,8-11,16H2,1H3. The van der Waals surface area contributed by atoms with Crippen LogP contribution >= 0.6 is 0 Å². The largest absolute Gasteiger partial charge is 0.395 e. The smallest absolute Gasteiger partial charge is 0.123 e. The van der Waals surface area contributed by atoms with Crippen molar-refractivity contribution in [2.45, 2.75) is 24.7 Å². The Kier molecular flexibility index (Phi) is 6.25. The molecule has 0 aliphatic rings. The van der Waals surface area contributed by atoms with Gasteiger partial charge in [-0.2, -0.15) is 0 Å². The van der Waals surface area contributed by atoms with E-state index in [0.29, 0.717) is 13.2 Å². The molecule has 18 heavy (non-hydrogen) atoms. The molecule has 0 fully saturated rings. The van der Waals surface area contributed by atoms with Gasteiger partial charge in [0.25, 0.3) is 0 Å². The highest BCUT2D eigenvalue weighted by Crippen LogP contribution is 2.29. The fourth-order valence-electron chi connectivity index (χ4n) is 2.11. The Balaban J connectivity index is 2.75. The van der Waals surface area contributed by atoms with Crippen LogP contribution < -0.4 is 5.73 Å². The van der Waals surface area contributed by atoms with E-state index in [1.165, 1.54) is 12.1 Å². The lowest BCUT2D eigenvalue weighted by Gasteiger charge is -2.31. The van der Waals surface area contributed by atoms with Crippen LogP contribution in [0.25, 0.3) is 0 Å². The molecular weight excluding hydrogens is 233 g/mol. The Morgan fingerprint density at radius 3 is 2.44 bits per heavy atom. The van der Waals surface area contributed by atoms with Gasteiger partial charge in [0.15, 0.2) is 0 Å². The van der Waals surface area contributed by atoms with Crippen molar-refractivity contribution in [2.75, 3.05) is 26.9 Å². The van der Waals surface area contributed by atoms with E-state index in [1.807, 2.05) is 0 Å². The van der Waals surface area contributed by atoms with Crippen LogP contribution in [0, 0.1) is 5.82 Å². The summed E-state index contributed by atoms with van der Waals surface area (Å²) in [6.07, 6.45) is 2.62. The molecule has 0 bridgehead atoms. The van der Waals surface area contributed by atoms with Crippen LogP contribution in [0.3, 0.4) is 0 Å². The van der Waals surface area contributed by atoms with Gasteiger partial charge in [-0.3, -0.25) is 0 Å². The molecule has 0 aliphatic carbocycles. The average Bonchev–Trinajstić information content (AvgIpc) is 2.41. The third kappa shape index (κ3) is 3.77. The van der Waals surface area contributed by atoms with E-state index in [4.69, 9.17) is 10.5 Å². The number of unbranched alkanes of at least 4 members (excludes halogenated alkanes) is 1. The summed E-state index contributed by atoms with van der Waals surface area (Å²) in [6, 6.07) is 6.22. The number of benzene rings is 1. The quantitative estimate of drug-likeness (QED) is 0.697. The topological polar surface area (TPSA) is 55.5 Å². The molecule has 0 saturated carbocycles. The average molecular weight is 255 g/mol. The number of aliphatic hydroxyl groups is 1. The first kappa shape index (κ1) is 15.1. The van der Waals surface area contributed by atoms with Gasteiger partial charge in [0, 0.05) is 25.7 Å². The maximum atomic E-state index is 12.9. The molecule has 1 rings (SSSR count). The van der Waals surface area contributed by atoms with Gasteiger partial charge in [0.05, 0.1) is 6.61 Å². The van der Waals surface area contributed by atoms with Gasteiger partial charge in [-0.15, -0.1) is 0 Å². The van der Waals surface area contributed by atoms with E-state index in [9.17, 15) is 9.50 Å². The first-order chi connectivity index (χ1) is 8.68. The van der Waals surface area contributed by atoms with Crippen LogP contribution in [0.2, 0.25) is 0 Å². The van der Waals surface area contributed by atoms with Crippen molar-refractivity contribution in [3.8, 4) is 0 Å². The number of ether oxygens (including phenoxy) is 1. The monoisotopic (exact) mass is 255 g/mol. The fraction of sp³-hybridized carbons (Fsp3) is 0.571. The summed E-state index contributed by atoms with van der Waals surface area (Å²) in [7, 11) is 1.67. The Morgan fingerprint density at radius 1 is 1.28 bits per heavy atom. The second kappa shape index (κ2) is 7.46. The number of hydrogen-bond acceptors (Lipinski definition) is 3. The van der Waals surface area contributed by atoms with E-state index in [0.717, 1.165) is 24.8 Å². The molecule has 0 heterocycles. The van der Waals surface area contributed by atoms with Gasteiger partial charge in [0.2, 0.25) is 0 Å². The van der Waals surface area contributed by atoms with Crippen molar-refractivity contribution >= 4 is 0 Å². The predicted molar refractivity (Wildman–Crippen MR) is 69.9 cm³/mol. The van der Waals surface area contributed by atoms with Crippen LogP contribution in [0.5, 0.6) is 0 Å². The number of aliphatic hydroxyl groups excluding tert-OH is 1. The molecule has 102 valence electrons. The SMILES string of the molecule is COCCCCC(CN)(CO)c1ccc(F)cc1. The summed E-state index contributed by atoms with van der Waals surface area (Å²) < 4.78 is 17.9. The highest BCUT2D eigenvalue weighted by atomic mass is 19.1. The fourth-order valence-corrected chi connectivity index (χ4v) is 2.11.